The monoisotopic (exact) mass is 200 g/mol. The molecule has 0 aliphatic heterocycles. The van der Waals surface area contributed by atoms with E-state index in [9.17, 15) is 0 Å². The zero-order chi connectivity index (χ0) is 11.1. The van der Waals surface area contributed by atoms with Crippen LogP contribution in [0.4, 0.5) is 0 Å². The molecule has 0 aromatic rings. The van der Waals surface area contributed by atoms with Crippen LogP contribution in [-0.4, -0.2) is 0 Å². The van der Waals surface area contributed by atoms with Crippen LogP contribution in [0.3, 0.4) is 0 Å². The Labute approximate surface area is 93.4 Å². The van der Waals surface area contributed by atoms with Crippen LogP contribution in [-0.2, 0) is 0 Å². The molecule has 0 radical (unpaired) electrons. The molecule has 0 aromatic carbocycles. The van der Waals surface area contributed by atoms with Gasteiger partial charge in [-0.05, 0) is 36.8 Å². The number of hydrogen-bond acceptors (Lipinski definition) is 0. The van der Waals surface area contributed by atoms with E-state index in [4.69, 9.17) is 0 Å². The lowest BCUT2D eigenvalue weighted by Gasteiger charge is -2.12. The van der Waals surface area contributed by atoms with Crippen LogP contribution >= 0.6 is 0 Å². The molecule has 0 heteroatoms. The van der Waals surface area contributed by atoms with E-state index >= 15 is 0 Å². The zero-order valence-corrected chi connectivity index (χ0v) is 9.74. The lowest BCUT2D eigenvalue weighted by molar-refractivity contribution is 0.725. The summed E-state index contributed by atoms with van der Waals surface area (Å²) in [4.78, 5) is 0. The highest BCUT2D eigenvalue weighted by molar-refractivity contribution is 5.34. The molecule has 0 spiro atoms. The van der Waals surface area contributed by atoms with Crippen molar-refractivity contribution in [2.24, 2.45) is 5.92 Å². The number of allylic oxidation sites excluding steroid dienone is 9. The van der Waals surface area contributed by atoms with E-state index in [1.807, 2.05) is 13.0 Å². The molecule has 1 unspecified atom stereocenters. The van der Waals surface area contributed by atoms with E-state index in [0.29, 0.717) is 5.92 Å². The van der Waals surface area contributed by atoms with Crippen molar-refractivity contribution in [2.45, 2.75) is 26.7 Å². The fourth-order valence-electron chi connectivity index (χ4n) is 1.82. The fraction of sp³-hybridized carbons (Fsp3) is 0.333. The van der Waals surface area contributed by atoms with Crippen molar-refractivity contribution in [3.63, 3.8) is 0 Å². The molecule has 0 saturated heterocycles. The van der Waals surface area contributed by atoms with Gasteiger partial charge in [0.05, 0.1) is 0 Å². The second kappa shape index (κ2) is 6.23. The van der Waals surface area contributed by atoms with E-state index in [1.165, 1.54) is 17.6 Å². The van der Waals surface area contributed by atoms with Crippen molar-refractivity contribution in [1.29, 1.82) is 0 Å². The Bertz CT molecular complexity index is 324. The fourth-order valence-corrected chi connectivity index (χ4v) is 1.82. The summed E-state index contributed by atoms with van der Waals surface area (Å²) in [6.07, 6.45) is 17.2. The van der Waals surface area contributed by atoms with Gasteiger partial charge < -0.3 is 0 Å². The second-order valence-corrected chi connectivity index (χ2v) is 4.01. The van der Waals surface area contributed by atoms with E-state index in [1.54, 1.807) is 0 Å². The molecule has 1 atom stereocenters. The molecule has 1 aliphatic rings. The van der Waals surface area contributed by atoms with Gasteiger partial charge in [-0.25, -0.2) is 0 Å². The highest BCUT2D eigenvalue weighted by Crippen LogP contribution is 2.22. The molecule has 0 bridgehead atoms. The molecule has 1 rings (SSSR count). The topological polar surface area (TPSA) is 0 Å². The van der Waals surface area contributed by atoms with E-state index in [0.717, 1.165) is 6.42 Å². The first-order chi connectivity index (χ1) is 7.26. The van der Waals surface area contributed by atoms with Crippen LogP contribution in [0.1, 0.15) is 26.7 Å². The van der Waals surface area contributed by atoms with Crippen LogP contribution in [0.5, 0.6) is 0 Å². The normalized spacial score (nSPS) is 21.9. The maximum absolute atomic E-state index is 3.74. The lowest BCUT2D eigenvalue weighted by atomic mass is 9.93. The standard InChI is InChI=1S/C15H20/c1-4-7-14(8-5-2)12-15-10-6-9-13(3)11-15/h4-8,10-11,13H,1,9,12H2,2-3H3/b8-5-,14-7+. The van der Waals surface area contributed by atoms with Gasteiger partial charge in [-0.1, -0.05) is 56.0 Å². The molecule has 15 heavy (non-hydrogen) atoms. The smallest absolute Gasteiger partial charge is 0.00291 e. The lowest BCUT2D eigenvalue weighted by Crippen LogP contribution is -1.95. The summed E-state index contributed by atoms with van der Waals surface area (Å²) in [6.45, 7) is 8.05. The Morgan fingerprint density at radius 1 is 1.60 bits per heavy atom. The molecule has 0 amide bonds. The van der Waals surface area contributed by atoms with Gasteiger partial charge in [0.25, 0.3) is 0 Å². The Morgan fingerprint density at radius 3 is 3.00 bits per heavy atom. The zero-order valence-electron chi connectivity index (χ0n) is 9.74. The van der Waals surface area contributed by atoms with Gasteiger partial charge in [-0.15, -0.1) is 0 Å². The SMILES string of the molecule is C=C/C=C(\C=C/C)CC1=CC(C)CC=C1. The Morgan fingerprint density at radius 2 is 2.40 bits per heavy atom. The van der Waals surface area contributed by atoms with Gasteiger partial charge >= 0.3 is 0 Å². The first-order valence-corrected chi connectivity index (χ1v) is 5.57. The van der Waals surface area contributed by atoms with Gasteiger partial charge in [0.2, 0.25) is 0 Å². The minimum absolute atomic E-state index is 0.681. The first-order valence-electron chi connectivity index (χ1n) is 5.57. The van der Waals surface area contributed by atoms with E-state index in [2.05, 4.69) is 50.0 Å². The van der Waals surface area contributed by atoms with Crippen molar-refractivity contribution in [2.75, 3.05) is 0 Å². The summed E-state index contributed by atoms with van der Waals surface area (Å²) < 4.78 is 0. The second-order valence-electron chi connectivity index (χ2n) is 4.01. The summed E-state index contributed by atoms with van der Waals surface area (Å²) in [5, 5.41) is 0. The average Bonchev–Trinajstić information content (AvgIpc) is 2.18. The molecule has 1 aliphatic carbocycles. The summed E-state index contributed by atoms with van der Waals surface area (Å²) >= 11 is 0. The molecule has 0 heterocycles. The maximum Gasteiger partial charge on any atom is -0.00291 e. The van der Waals surface area contributed by atoms with Gasteiger partial charge in [0.1, 0.15) is 0 Å². The van der Waals surface area contributed by atoms with Gasteiger partial charge in [0, 0.05) is 0 Å². The predicted octanol–water partition coefficient (Wildman–Crippen LogP) is 4.59. The van der Waals surface area contributed by atoms with Crippen molar-refractivity contribution < 1.29 is 0 Å². The van der Waals surface area contributed by atoms with Gasteiger partial charge in [0.15, 0.2) is 0 Å². The third kappa shape index (κ3) is 4.16. The van der Waals surface area contributed by atoms with Crippen LogP contribution in [0, 0.1) is 5.92 Å². The molecule has 0 saturated carbocycles. The Hall–Kier alpha value is -1.30. The molecule has 0 aromatic heterocycles. The third-order valence-electron chi connectivity index (χ3n) is 2.46. The minimum atomic E-state index is 0.681. The summed E-state index contributed by atoms with van der Waals surface area (Å²) in [7, 11) is 0. The quantitative estimate of drug-likeness (QED) is 0.582. The highest BCUT2D eigenvalue weighted by Gasteiger charge is 2.04. The van der Waals surface area contributed by atoms with E-state index < -0.39 is 0 Å². The summed E-state index contributed by atoms with van der Waals surface area (Å²) in [5.74, 6) is 0.681. The molecule has 80 valence electrons. The molecular formula is C15H20. The summed E-state index contributed by atoms with van der Waals surface area (Å²) in [6, 6.07) is 0. The summed E-state index contributed by atoms with van der Waals surface area (Å²) in [5.41, 5.74) is 2.73. The molecule has 0 fully saturated rings. The van der Waals surface area contributed by atoms with Crippen LogP contribution < -0.4 is 0 Å². The van der Waals surface area contributed by atoms with Crippen molar-refractivity contribution in [3.8, 4) is 0 Å². The molecule has 0 nitrogen and oxygen atoms in total. The van der Waals surface area contributed by atoms with Gasteiger partial charge in [-0.2, -0.15) is 0 Å². The highest BCUT2D eigenvalue weighted by atomic mass is 14.1. The van der Waals surface area contributed by atoms with Crippen molar-refractivity contribution >= 4 is 0 Å². The molecule has 0 N–H and O–H groups in total. The maximum atomic E-state index is 3.74. The Balaban J connectivity index is 2.70. The van der Waals surface area contributed by atoms with Crippen molar-refractivity contribution in [1.82, 2.24) is 0 Å². The first kappa shape index (κ1) is 11.8. The number of hydrogen-bond donors (Lipinski definition) is 0. The van der Waals surface area contributed by atoms with E-state index in [-0.39, 0.29) is 0 Å². The van der Waals surface area contributed by atoms with Crippen LogP contribution in [0.15, 0.2) is 60.3 Å². The van der Waals surface area contributed by atoms with Crippen LogP contribution in [0.25, 0.3) is 0 Å². The minimum Gasteiger partial charge on any atom is -0.0991 e. The van der Waals surface area contributed by atoms with Crippen LogP contribution in [0.2, 0.25) is 0 Å². The largest absolute Gasteiger partial charge is 0.0991 e. The number of rotatable bonds is 4. The predicted molar refractivity (Wildman–Crippen MR) is 68.7 cm³/mol. The third-order valence-corrected chi connectivity index (χ3v) is 2.46. The van der Waals surface area contributed by atoms with Crippen molar-refractivity contribution in [3.05, 3.63) is 60.3 Å². The Kier molecular flexibility index (Phi) is 4.89. The average molecular weight is 200 g/mol. The van der Waals surface area contributed by atoms with Gasteiger partial charge in [-0.3, -0.25) is 0 Å². The molecular weight excluding hydrogens is 180 g/mol.